The number of aromatic nitrogens is 4. The summed E-state index contributed by atoms with van der Waals surface area (Å²) in [5.74, 6) is 0.723. The van der Waals surface area contributed by atoms with Crippen LogP contribution in [0, 0.1) is 6.92 Å². The molecular formula is C16H19N5O2. The van der Waals surface area contributed by atoms with E-state index in [0.29, 0.717) is 19.8 Å². The van der Waals surface area contributed by atoms with Crippen molar-refractivity contribution in [3.8, 4) is 5.69 Å². The predicted molar refractivity (Wildman–Crippen MR) is 87.8 cm³/mol. The van der Waals surface area contributed by atoms with Crippen LogP contribution in [-0.4, -0.2) is 51.2 Å². The zero-order valence-electron chi connectivity index (χ0n) is 12.9. The van der Waals surface area contributed by atoms with Crippen molar-refractivity contribution in [1.82, 2.24) is 19.7 Å². The molecule has 0 aliphatic carbocycles. The highest BCUT2D eigenvalue weighted by atomic mass is 16.5. The van der Waals surface area contributed by atoms with Gasteiger partial charge in [0.25, 0.3) is 0 Å². The first-order valence-electron chi connectivity index (χ1n) is 7.48. The van der Waals surface area contributed by atoms with Gasteiger partial charge >= 0.3 is 0 Å². The van der Waals surface area contributed by atoms with Crippen molar-refractivity contribution in [1.29, 1.82) is 0 Å². The van der Waals surface area contributed by atoms with Gasteiger partial charge in [-0.05, 0) is 19.1 Å². The molecule has 7 nitrogen and oxygen atoms in total. The van der Waals surface area contributed by atoms with Crippen molar-refractivity contribution >= 4 is 16.9 Å². The fourth-order valence-electron chi connectivity index (χ4n) is 2.27. The molecule has 3 aromatic rings. The summed E-state index contributed by atoms with van der Waals surface area (Å²) in [6.45, 7) is 3.52. The molecule has 1 aromatic carbocycles. The van der Waals surface area contributed by atoms with E-state index in [1.807, 2.05) is 31.2 Å². The number of ether oxygens (including phenoxy) is 1. The lowest BCUT2D eigenvalue weighted by atomic mass is 10.2. The fraction of sp³-hybridized carbons (Fsp3) is 0.312. The Balaban J connectivity index is 1.81. The molecule has 0 radical (unpaired) electrons. The third kappa shape index (κ3) is 3.46. The summed E-state index contributed by atoms with van der Waals surface area (Å²) in [6.07, 6.45) is 3.28. The second-order valence-electron chi connectivity index (χ2n) is 5.11. The van der Waals surface area contributed by atoms with Crippen LogP contribution in [-0.2, 0) is 4.74 Å². The number of hydrogen-bond acceptors (Lipinski definition) is 6. The highest BCUT2D eigenvalue weighted by molar-refractivity contribution is 5.87. The summed E-state index contributed by atoms with van der Waals surface area (Å²) in [7, 11) is 0. The van der Waals surface area contributed by atoms with E-state index in [-0.39, 0.29) is 6.61 Å². The van der Waals surface area contributed by atoms with Gasteiger partial charge in [0.05, 0.1) is 37.1 Å². The average molecular weight is 313 g/mol. The van der Waals surface area contributed by atoms with Gasteiger partial charge in [0.2, 0.25) is 0 Å². The van der Waals surface area contributed by atoms with Crippen LogP contribution < -0.4 is 5.32 Å². The molecule has 0 aliphatic rings. The number of fused-ring (bicyclic) bond motifs is 1. The molecule has 7 heteroatoms. The molecule has 0 amide bonds. The molecule has 3 rings (SSSR count). The largest absolute Gasteiger partial charge is 0.394 e. The van der Waals surface area contributed by atoms with Crippen molar-refractivity contribution in [2.24, 2.45) is 0 Å². The lowest BCUT2D eigenvalue weighted by Gasteiger charge is -2.07. The van der Waals surface area contributed by atoms with Crippen LogP contribution in [0.5, 0.6) is 0 Å². The summed E-state index contributed by atoms with van der Waals surface area (Å²) in [5.41, 5.74) is 2.91. The number of anilines is 1. The third-order valence-corrected chi connectivity index (χ3v) is 3.42. The molecule has 2 N–H and O–H groups in total. The minimum Gasteiger partial charge on any atom is -0.394 e. The van der Waals surface area contributed by atoms with Crippen LogP contribution in [0.4, 0.5) is 5.82 Å². The molecule has 0 spiro atoms. The molecule has 23 heavy (non-hydrogen) atoms. The zero-order valence-corrected chi connectivity index (χ0v) is 12.9. The number of rotatable bonds is 7. The Labute approximate surface area is 133 Å². The van der Waals surface area contributed by atoms with E-state index in [0.717, 1.165) is 22.5 Å². The molecule has 0 fully saturated rings. The van der Waals surface area contributed by atoms with Crippen LogP contribution in [0.1, 0.15) is 5.56 Å². The lowest BCUT2D eigenvalue weighted by Crippen LogP contribution is -2.12. The van der Waals surface area contributed by atoms with Crippen LogP contribution in [0.3, 0.4) is 0 Å². The van der Waals surface area contributed by atoms with Crippen LogP contribution in [0.2, 0.25) is 0 Å². The Morgan fingerprint density at radius 2 is 2.00 bits per heavy atom. The van der Waals surface area contributed by atoms with Gasteiger partial charge in [-0.25, -0.2) is 14.6 Å². The van der Waals surface area contributed by atoms with Gasteiger partial charge < -0.3 is 15.2 Å². The number of aliphatic hydroxyl groups is 1. The first-order chi connectivity index (χ1) is 11.3. The molecule has 0 saturated heterocycles. The van der Waals surface area contributed by atoms with E-state index in [4.69, 9.17) is 9.84 Å². The first-order valence-corrected chi connectivity index (χ1v) is 7.48. The summed E-state index contributed by atoms with van der Waals surface area (Å²) in [6, 6.07) is 8.11. The SMILES string of the molecule is Cc1ccc(-n2ncc3c(NCCOCCO)ncnc32)cc1. The molecule has 0 aliphatic heterocycles. The maximum Gasteiger partial charge on any atom is 0.168 e. The van der Waals surface area contributed by atoms with Gasteiger partial charge in [-0.15, -0.1) is 0 Å². The number of benzene rings is 1. The molecule has 0 bridgehead atoms. The van der Waals surface area contributed by atoms with Crippen molar-refractivity contribution in [2.75, 3.05) is 31.7 Å². The molecule has 2 heterocycles. The average Bonchev–Trinajstić information content (AvgIpc) is 3.00. The Hall–Kier alpha value is -2.51. The van der Waals surface area contributed by atoms with Gasteiger partial charge in [-0.1, -0.05) is 17.7 Å². The Bertz CT molecular complexity index is 770. The quantitative estimate of drug-likeness (QED) is 0.644. The second-order valence-corrected chi connectivity index (χ2v) is 5.11. The van der Waals surface area contributed by atoms with Crippen molar-refractivity contribution in [3.05, 3.63) is 42.4 Å². The number of nitrogens with one attached hydrogen (secondary N) is 1. The van der Waals surface area contributed by atoms with E-state index in [9.17, 15) is 0 Å². The molecular weight excluding hydrogens is 294 g/mol. The molecule has 120 valence electrons. The number of nitrogens with zero attached hydrogens (tertiary/aromatic N) is 4. The molecule has 0 saturated carbocycles. The number of aliphatic hydroxyl groups excluding tert-OH is 1. The fourth-order valence-corrected chi connectivity index (χ4v) is 2.27. The summed E-state index contributed by atoms with van der Waals surface area (Å²) in [4.78, 5) is 8.61. The first kappa shape index (κ1) is 15.4. The topological polar surface area (TPSA) is 85.1 Å². The smallest absolute Gasteiger partial charge is 0.168 e. The second kappa shape index (κ2) is 7.17. The summed E-state index contributed by atoms with van der Waals surface area (Å²) >= 11 is 0. The van der Waals surface area contributed by atoms with Gasteiger partial charge in [0, 0.05) is 6.54 Å². The van der Waals surface area contributed by atoms with Crippen molar-refractivity contribution in [2.45, 2.75) is 6.92 Å². The van der Waals surface area contributed by atoms with Gasteiger partial charge in [-0.2, -0.15) is 5.10 Å². The van der Waals surface area contributed by atoms with Crippen LogP contribution in [0.15, 0.2) is 36.8 Å². The standard InChI is InChI=1S/C16H19N5O2/c1-12-2-4-13(5-3-12)21-16-14(10-20-21)15(18-11-19-16)17-6-8-23-9-7-22/h2-5,10-11,22H,6-9H2,1H3,(H,17,18,19). The van der Waals surface area contributed by atoms with E-state index in [2.05, 4.69) is 20.4 Å². The van der Waals surface area contributed by atoms with Crippen molar-refractivity contribution in [3.63, 3.8) is 0 Å². The normalized spacial score (nSPS) is 11.0. The van der Waals surface area contributed by atoms with Gasteiger partial charge in [0.1, 0.15) is 12.1 Å². The Morgan fingerprint density at radius 3 is 2.78 bits per heavy atom. The number of hydrogen-bond donors (Lipinski definition) is 2. The molecule has 0 unspecified atom stereocenters. The maximum absolute atomic E-state index is 8.68. The third-order valence-electron chi connectivity index (χ3n) is 3.42. The zero-order chi connectivity index (χ0) is 16.1. The highest BCUT2D eigenvalue weighted by Crippen LogP contribution is 2.21. The minimum absolute atomic E-state index is 0.0288. The number of aryl methyl sites for hydroxylation is 1. The van der Waals surface area contributed by atoms with Gasteiger partial charge in [-0.3, -0.25) is 0 Å². The van der Waals surface area contributed by atoms with E-state index >= 15 is 0 Å². The predicted octanol–water partition coefficient (Wildman–Crippen LogP) is 1.54. The molecule has 0 atom stereocenters. The Kier molecular flexibility index (Phi) is 4.80. The van der Waals surface area contributed by atoms with Gasteiger partial charge in [0.15, 0.2) is 5.65 Å². The van der Waals surface area contributed by atoms with Crippen LogP contribution in [0.25, 0.3) is 16.7 Å². The maximum atomic E-state index is 8.68. The van der Waals surface area contributed by atoms with E-state index in [1.54, 1.807) is 10.9 Å². The summed E-state index contributed by atoms with van der Waals surface area (Å²) < 4.78 is 7.02. The van der Waals surface area contributed by atoms with Crippen LogP contribution >= 0.6 is 0 Å². The monoisotopic (exact) mass is 313 g/mol. The van der Waals surface area contributed by atoms with Crippen molar-refractivity contribution < 1.29 is 9.84 Å². The highest BCUT2D eigenvalue weighted by Gasteiger charge is 2.10. The van der Waals surface area contributed by atoms with E-state index < -0.39 is 0 Å². The van der Waals surface area contributed by atoms with E-state index in [1.165, 1.54) is 11.9 Å². The molecule has 2 aromatic heterocycles. The lowest BCUT2D eigenvalue weighted by molar-refractivity contribution is 0.0992. The summed E-state index contributed by atoms with van der Waals surface area (Å²) in [5, 5.41) is 17.2. The Morgan fingerprint density at radius 1 is 1.17 bits per heavy atom. The minimum atomic E-state index is 0.0288.